The number of rotatable bonds is 5. The number of aromatic nitrogens is 2. The largest absolute Gasteiger partial charge is 0.369 e. The van der Waals surface area contributed by atoms with Crippen LogP contribution in [0.3, 0.4) is 0 Å². The molecular formula is C17H16N4O. The normalized spacial score (nSPS) is 10.5. The molecule has 1 amide bonds. The van der Waals surface area contributed by atoms with Crippen molar-refractivity contribution in [2.24, 2.45) is 5.73 Å². The highest BCUT2D eigenvalue weighted by Crippen LogP contribution is 2.20. The van der Waals surface area contributed by atoms with Crippen LogP contribution in [0.25, 0.3) is 10.9 Å². The summed E-state index contributed by atoms with van der Waals surface area (Å²) in [6.45, 7) is 0.651. The molecule has 3 aromatic rings. The maximum atomic E-state index is 11.1. The Hall–Kier alpha value is -2.95. The van der Waals surface area contributed by atoms with Crippen molar-refractivity contribution in [3.05, 3.63) is 66.0 Å². The van der Waals surface area contributed by atoms with E-state index < -0.39 is 5.91 Å². The lowest BCUT2D eigenvalue weighted by Crippen LogP contribution is -2.16. The molecule has 2 aromatic carbocycles. The highest BCUT2D eigenvalue weighted by atomic mass is 16.1. The Labute approximate surface area is 128 Å². The lowest BCUT2D eigenvalue weighted by molar-refractivity contribution is -0.117. The molecule has 110 valence electrons. The topological polar surface area (TPSA) is 80.9 Å². The van der Waals surface area contributed by atoms with E-state index in [1.54, 1.807) is 0 Å². The maximum Gasteiger partial charge on any atom is 0.225 e. The third-order valence-electron chi connectivity index (χ3n) is 3.28. The predicted molar refractivity (Wildman–Crippen MR) is 86.2 cm³/mol. The minimum atomic E-state index is -0.440. The van der Waals surface area contributed by atoms with Crippen molar-refractivity contribution in [1.29, 1.82) is 0 Å². The van der Waals surface area contributed by atoms with Gasteiger partial charge < -0.3 is 11.1 Å². The van der Waals surface area contributed by atoms with E-state index >= 15 is 0 Å². The van der Waals surface area contributed by atoms with Crippen LogP contribution in [-0.2, 0) is 17.8 Å². The standard InChI is InChI=1S/C17H16N4O/c18-15(22)10-16-20-14-9-5-4-8-13(14)17(21-16)19-11-12-6-2-1-3-7-12/h1-9H,10-11H2,(H2,18,22)(H,19,20,21). The van der Waals surface area contributed by atoms with Crippen LogP contribution >= 0.6 is 0 Å². The van der Waals surface area contributed by atoms with Crippen molar-refractivity contribution in [1.82, 2.24) is 9.97 Å². The van der Waals surface area contributed by atoms with Gasteiger partial charge >= 0.3 is 0 Å². The number of hydrogen-bond donors (Lipinski definition) is 2. The van der Waals surface area contributed by atoms with E-state index in [0.29, 0.717) is 18.2 Å². The van der Waals surface area contributed by atoms with Gasteiger partial charge in [-0.2, -0.15) is 0 Å². The molecule has 3 rings (SSSR count). The number of amides is 1. The van der Waals surface area contributed by atoms with Crippen LogP contribution in [0.1, 0.15) is 11.4 Å². The number of carbonyl (C=O) groups is 1. The molecule has 0 unspecified atom stereocenters. The van der Waals surface area contributed by atoms with Crippen molar-refractivity contribution in [3.8, 4) is 0 Å². The van der Waals surface area contributed by atoms with Crippen LogP contribution in [0.15, 0.2) is 54.6 Å². The Morgan fingerprint density at radius 2 is 1.73 bits per heavy atom. The Morgan fingerprint density at radius 3 is 2.50 bits per heavy atom. The summed E-state index contributed by atoms with van der Waals surface area (Å²) in [5.74, 6) is 0.705. The smallest absolute Gasteiger partial charge is 0.225 e. The number of carbonyl (C=O) groups excluding carboxylic acids is 1. The third-order valence-corrected chi connectivity index (χ3v) is 3.28. The molecule has 22 heavy (non-hydrogen) atoms. The van der Waals surface area contributed by atoms with Crippen LogP contribution in [0.4, 0.5) is 5.82 Å². The molecule has 0 spiro atoms. The Balaban J connectivity index is 1.93. The van der Waals surface area contributed by atoms with E-state index in [9.17, 15) is 4.79 Å². The van der Waals surface area contributed by atoms with Crippen LogP contribution < -0.4 is 11.1 Å². The first-order valence-electron chi connectivity index (χ1n) is 7.04. The Morgan fingerprint density at radius 1 is 1.00 bits per heavy atom. The molecule has 5 nitrogen and oxygen atoms in total. The minimum absolute atomic E-state index is 0.0326. The van der Waals surface area contributed by atoms with Gasteiger partial charge in [-0.15, -0.1) is 0 Å². The molecule has 0 aliphatic heterocycles. The monoisotopic (exact) mass is 292 g/mol. The van der Waals surface area contributed by atoms with Gasteiger partial charge in [0.15, 0.2) is 0 Å². The molecule has 0 aliphatic carbocycles. The zero-order chi connectivity index (χ0) is 15.4. The van der Waals surface area contributed by atoms with E-state index in [0.717, 1.165) is 16.5 Å². The molecule has 0 aliphatic rings. The second-order valence-corrected chi connectivity index (χ2v) is 4.99. The van der Waals surface area contributed by atoms with E-state index in [-0.39, 0.29) is 6.42 Å². The number of fused-ring (bicyclic) bond motifs is 1. The maximum absolute atomic E-state index is 11.1. The van der Waals surface area contributed by atoms with E-state index in [1.165, 1.54) is 0 Å². The van der Waals surface area contributed by atoms with Crippen molar-refractivity contribution in [2.45, 2.75) is 13.0 Å². The number of nitrogens with zero attached hydrogens (tertiary/aromatic N) is 2. The number of nitrogens with one attached hydrogen (secondary N) is 1. The van der Waals surface area contributed by atoms with Gasteiger partial charge in [0.2, 0.25) is 5.91 Å². The number of primary amides is 1. The van der Waals surface area contributed by atoms with E-state index in [1.807, 2.05) is 54.6 Å². The SMILES string of the molecule is NC(=O)Cc1nc(NCc2ccccc2)c2ccccc2n1. The van der Waals surface area contributed by atoms with Crippen LogP contribution in [0, 0.1) is 0 Å². The van der Waals surface area contributed by atoms with Crippen molar-refractivity contribution in [2.75, 3.05) is 5.32 Å². The third kappa shape index (κ3) is 3.20. The quantitative estimate of drug-likeness (QED) is 0.756. The average molecular weight is 292 g/mol. The Kier molecular flexibility index (Phi) is 3.96. The van der Waals surface area contributed by atoms with Crippen LogP contribution in [0.2, 0.25) is 0 Å². The number of benzene rings is 2. The first-order chi connectivity index (χ1) is 10.7. The van der Waals surface area contributed by atoms with E-state index in [4.69, 9.17) is 5.73 Å². The van der Waals surface area contributed by atoms with E-state index in [2.05, 4.69) is 15.3 Å². The summed E-state index contributed by atoms with van der Waals surface area (Å²) in [4.78, 5) is 19.9. The summed E-state index contributed by atoms with van der Waals surface area (Å²) < 4.78 is 0. The fourth-order valence-electron chi connectivity index (χ4n) is 2.28. The van der Waals surface area contributed by atoms with Gasteiger partial charge in [-0.05, 0) is 17.7 Å². The molecule has 1 aromatic heterocycles. The molecule has 3 N–H and O–H groups in total. The molecule has 5 heteroatoms. The van der Waals surface area contributed by atoms with Gasteiger partial charge in [-0.1, -0.05) is 42.5 Å². The molecule has 0 saturated heterocycles. The number of nitrogens with two attached hydrogens (primary N) is 1. The van der Waals surface area contributed by atoms with Gasteiger partial charge in [0.05, 0.1) is 11.9 Å². The summed E-state index contributed by atoms with van der Waals surface area (Å²) in [6, 6.07) is 17.8. The van der Waals surface area contributed by atoms with Crippen LogP contribution in [-0.4, -0.2) is 15.9 Å². The van der Waals surface area contributed by atoms with Crippen molar-refractivity contribution in [3.63, 3.8) is 0 Å². The summed E-state index contributed by atoms with van der Waals surface area (Å²) in [7, 11) is 0. The van der Waals surface area contributed by atoms with Crippen molar-refractivity contribution < 1.29 is 4.79 Å². The number of hydrogen-bond acceptors (Lipinski definition) is 4. The fourth-order valence-corrected chi connectivity index (χ4v) is 2.28. The number of para-hydroxylation sites is 1. The molecule has 0 fully saturated rings. The molecule has 1 heterocycles. The molecule has 0 radical (unpaired) electrons. The Bertz CT molecular complexity index is 802. The highest BCUT2D eigenvalue weighted by Gasteiger charge is 2.09. The van der Waals surface area contributed by atoms with Gasteiger partial charge in [-0.25, -0.2) is 9.97 Å². The first-order valence-corrected chi connectivity index (χ1v) is 7.04. The minimum Gasteiger partial charge on any atom is -0.369 e. The van der Waals surface area contributed by atoms with Crippen molar-refractivity contribution >= 4 is 22.6 Å². The highest BCUT2D eigenvalue weighted by molar-refractivity contribution is 5.89. The second kappa shape index (κ2) is 6.22. The van der Waals surface area contributed by atoms with Crippen LogP contribution in [0.5, 0.6) is 0 Å². The second-order valence-electron chi connectivity index (χ2n) is 4.99. The summed E-state index contributed by atoms with van der Waals surface area (Å²) in [6.07, 6.45) is 0.0326. The molecule has 0 atom stereocenters. The first kappa shape index (κ1) is 14.0. The molecule has 0 saturated carbocycles. The zero-order valence-electron chi connectivity index (χ0n) is 12.0. The summed E-state index contributed by atoms with van der Waals surface area (Å²) in [5.41, 5.74) is 7.19. The number of anilines is 1. The lowest BCUT2D eigenvalue weighted by Gasteiger charge is -2.10. The fraction of sp³-hybridized carbons (Fsp3) is 0.118. The summed E-state index contributed by atoms with van der Waals surface area (Å²) in [5, 5.41) is 4.24. The molecule has 0 bridgehead atoms. The zero-order valence-corrected chi connectivity index (χ0v) is 12.0. The lowest BCUT2D eigenvalue weighted by atomic mass is 10.2. The van der Waals surface area contributed by atoms with Gasteiger partial charge in [0.25, 0.3) is 0 Å². The van der Waals surface area contributed by atoms with Gasteiger partial charge in [0, 0.05) is 11.9 Å². The van der Waals surface area contributed by atoms with Gasteiger partial charge in [0.1, 0.15) is 11.6 Å². The van der Waals surface area contributed by atoms with Gasteiger partial charge in [-0.3, -0.25) is 4.79 Å². The molecular weight excluding hydrogens is 276 g/mol. The average Bonchev–Trinajstić information content (AvgIpc) is 2.53. The predicted octanol–water partition coefficient (Wildman–Crippen LogP) is 2.27. The summed E-state index contributed by atoms with van der Waals surface area (Å²) >= 11 is 0.